The van der Waals surface area contributed by atoms with E-state index in [0.29, 0.717) is 13.2 Å². The van der Waals surface area contributed by atoms with Gasteiger partial charge in [-0.05, 0) is 12.0 Å². The monoisotopic (exact) mass is 347 g/mol. The fraction of sp³-hybridized carbons (Fsp3) is 0.619. The maximum absolute atomic E-state index is 10.5. The maximum Gasteiger partial charge on any atom is 0.193 e. The predicted molar refractivity (Wildman–Crippen MR) is 102 cm³/mol. The average molecular weight is 347 g/mol. The Morgan fingerprint density at radius 2 is 1.60 bits per heavy atom. The van der Waals surface area contributed by atoms with Crippen molar-refractivity contribution in [3.63, 3.8) is 0 Å². The van der Waals surface area contributed by atoms with Crippen molar-refractivity contribution in [2.75, 3.05) is 13.1 Å². The molecule has 0 aliphatic rings. The van der Waals surface area contributed by atoms with Gasteiger partial charge in [0.25, 0.3) is 0 Å². The molecule has 0 bridgehead atoms. The fourth-order valence-corrected chi connectivity index (χ4v) is 2.73. The number of unbranched alkanes of at least 4 members (excludes halogenated alkanes) is 8. The average Bonchev–Trinajstić information content (AvgIpc) is 2.65. The van der Waals surface area contributed by atoms with E-state index in [1.807, 2.05) is 30.3 Å². The van der Waals surface area contributed by atoms with Crippen LogP contribution in [0.25, 0.3) is 0 Å². The highest BCUT2D eigenvalue weighted by molar-refractivity contribution is 5.49. The number of hydrogen-bond donors (Lipinski definition) is 1. The number of aliphatic hydroxyl groups excluding tert-OH is 1. The van der Waals surface area contributed by atoms with Crippen LogP contribution in [-0.2, 0) is 16.2 Å². The van der Waals surface area contributed by atoms with Crippen molar-refractivity contribution in [3.8, 4) is 0 Å². The highest BCUT2D eigenvalue weighted by Gasteiger charge is 2.09. The molecule has 1 aromatic carbocycles. The summed E-state index contributed by atoms with van der Waals surface area (Å²) in [6, 6.07) is 9.88. The topological polar surface area (TPSA) is 49.8 Å². The summed E-state index contributed by atoms with van der Waals surface area (Å²) in [5.74, 6) is 1.21. The van der Waals surface area contributed by atoms with E-state index in [1.165, 1.54) is 50.9 Å². The molecule has 0 heterocycles. The molecule has 4 nitrogen and oxygen atoms in total. The summed E-state index contributed by atoms with van der Waals surface area (Å²) in [6.45, 7) is 3.47. The lowest BCUT2D eigenvalue weighted by atomic mass is 10.1. The number of hydrogen-bond acceptors (Lipinski definition) is 4. The Bertz CT molecular complexity index is 483. The van der Waals surface area contributed by atoms with Crippen LogP contribution >= 0.6 is 0 Å². The molecule has 0 aromatic heterocycles. The van der Waals surface area contributed by atoms with E-state index in [4.69, 9.17) is 4.84 Å². The van der Waals surface area contributed by atoms with Crippen molar-refractivity contribution >= 4 is 5.94 Å². The SMILES string of the molecule is CCCCCCCCCCCN(CC(O)=C=O)OCc1ccccc1. The lowest BCUT2D eigenvalue weighted by Gasteiger charge is -2.20. The molecule has 0 aliphatic carbocycles. The first-order valence-corrected chi connectivity index (χ1v) is 9.61. The van der Waals surface area contributed by atoms with Gasteiger partial charge in [0.15, 0.2) is 11.7 Å². The maximum atomic E-state index is 10.5. The Kier molecular flexibility index (Phi) is 12.6. The Balaban J connectivity index is 2.21. The van der Waals surface area contributed by atoms with Crippen LogP contribution in [0.4, 0.5) is 0 Å². The minimum Gasteiger partial charge on any atom is -0.501 e. The lowest BCUT2D eigenvalue weighted by Crippen LogP contribution is -2.27. The van der Waals surface area contributed by atoms with Crippen LogP contribution in [0, 0.1) is 0 Å². The van der Waals surface area contributed by atoms with Gasteiger partial charge in [-0.15, -0.1) is 0 Å². The van der Waals surface area contributed by atoms with Crippen molar-refractivity contribution in [3.05, 3.63) is 41.7 Å². The van der Waals surface area contributed by atoms with Gasteiger partial charge in [-0.3, -0.25) is 4.84 Å². The normalized spacial score (nSPS) is 10.8. The van der Waals surface area contributed by atoms with Crippen molar-refractivity contribution in [1.29, 1.82) is 0 Å². The second-order valence-corrected chi connectivity index (χ2v) is 6.50. The van der Waals surface area contributed by atoms with Gasteiger partial charge in [0, 0.05) is 6.54 Å². The molecule has 140 valence electrons. The molecule has 0 saturated heterocycles. The quantitative estimate of drug-likeness (QED) is 0.204. The van der Waals surface area contributed by atoms with Crippen LogP contribution < -0.4 is 0 Å². The van der Waals surface area contributed by atoms with Gasteiger partial charge in [0.1, 0.15) is 0 Å². The molecule has 4 heteroatoms. The van der Waals surface area contributed by atoms with Crippen LogP contribution in [0.2, 0.25) is 0 Å². The molecule has 0 fully saturated rings. The van der Waals surface area contributed by atoms with E-state index in [9.17, 15) is 9.90 Å². The number of carbonyl (C=O) groups excluding carboxylic acids is 1. The third kappa shape index (κ3) is 11.5. The summed E-state index contributed by atoms with van der Waals surface area (Å²) >= 11 is 0. The first-order valence-electron chi connectivity index (χ1n) is 9.61. The van der Waals surface area contributed by atoms with E-state index in [1.54, 1.807) is 5.06 Å². The summed E-state index contributed by atoms with van der Waals surface area (Å²) in [7, 11) is 0. The zero-order valence-electron chi connectivity index (χ0n) is 15.6. The van der Waals surface area contributed by atoms with Crippen molar-refractivity contribution in [2.45, 2.75) is 71.3 Å². The third-order valence-electron chi connectivity index (χ3n) is 4.21. The minimum absolute atomic E-state index is 0.0906. The van der Waals surface area contributed by atoms with E-state index in [2.05, 4.69) is 6.92 Å². The van der Waals surface area contributed by atoms with E-state index in [0.717, 1.165) is 18.4 Å². The predicted octanol–water partition coefficient (Wildman–Crippen LogP) is 5.22. The molecule has 0 aliphatic heterocycles. The summed E-state index contributed by atoms with van der Waals surface area (Å²) in [5, 5.41) is 11.1. The Morgan fingerprint density at radius 3 is 2.20 bits per heavy atom. The smallest absolute Gasteiger partial charge is 0.193 e. The van der Waals surface area contributed by atoms with Gasteiger partial charge < -0.3 is 5.11 Å². The van der Waals surface area contributed by atoms with Gasteiger partial charge in [0.2, 0.25) is 0 Å². The highest BCUT2D eigenvalue weighted by atomic mass is 16.7. The molecule has 0 radical (unpaired) electrons. The van der Waals surface area contributed by atoms with E-state index >= 15 is 0 Å². The van der Waals surface area contributed by atoms with Gasteiger partial charge in [-0.2, -0.15) is 5.06 Å². The molecular formula is C21H33NO3. The van der Waals surface area contributed by atoms with E-state index < -0.39 is 0 Å². The zero-order chi connectivity index (χ0) is 18.2. The second kappa shape index (κ2) is 14.7. The second-order valence-electron chi connectivity index (χ2n) is 6.50. The number of benzene rings is 1. The Labute approximate surface area is 152 Å². The molecule has 0 atom stereocenters. The molecule has 0 unspecified atom stereocenters. The molecule has 1 N–H and O–H groups in total. The van der Waals surface area contributed by atoms with Gasteiger partial charge >= 0.3 is 0 Å². The number of rotatable bonds is 15. The first-order chi connectivity index (χ1) is 12.3. The largest absolute Gasteiger partial charge is 0.501 e. The number of aliphatic hydroxyl groups is 1. The summed E-state index contributed by atoms with van der Waals surface area (Å²) in [4.78, 5) is 16.3. The zero-order valence-corrected chi connectivity index (χ0v) is 15.6. The van der Waals surface area contributed by atoms with Crippen LogP contribution in [0.5, 0.6) is 0 Å². The van der Waals surface area contributed by atoms with E-state index in [-0.39, 0.29) is 12.3 Å². The molecule has 0 spiro atoms. The van der Waals surface area contributed by atoms with Crippen LogP contribution in [0.1, 0.15) is 70.3 Å². The Morgan fingerprint density at radius 1 is 1.00 bits per heavy atom. The molecule has 1 rings (SSSR count). The standard InChI is InChI=1S/C21H33NO3/c1-2-3-4-5-6-7-8-9-13-16-22(17-21(24)18-23)25-19-20-14-11-10-12-15-20/h10-12,14-15,24H,2-9,13,16-17,19H2,1H3. The van der Waals surface area contributed by atoms with Gasteiger partial charge in [0.05, 0.1) is 13.2 Å². The van der Waals surface area contributed by atoms with Crippen LogP contribution in [0.15, 0.2) is 36.1 Å². The first kappa shape index (κ1) is 21.4. The van der Waals surface area contributed by atoms with Gasteiger partial charge in [-0.1, -0.05) is 88.6 Å². The van der Waals surface area contributed by atoms with Crippen molar-refractivity contribution in [1.82, 2.24) is 5.06 Å². The van der Waals surface area contributed by atoms with Crippen molar-refractivity contribution < 1.29 is 14.7 Å². The summed E-state index contributed by atoms with van der Waals surface area (Å²) in [6.07, 6.45) is 11.3. The summed E-state index contributed by atoms with van der Waals surface area (Å²) in [5.41, 5.74) is 1.06. The molecule has 25 heavy (non-hydrogen) atoms. The van der Waals surface area contributed by atoms with Gasteiger partial charge in [-0.25, -0.2) is 4.79 Å². The van der Waals surface area contributed by atoms with Crippen LogP contribution in [-0.4, -0.2) is 29.2 Å². The lowest BCUT2D eigenvalue weighted by molar-refractivity contribution is -0.167. The number of nitrogens with zero attached hydrogens (tertiary/aromatic N) is 1. The Hall–Kier alpha value is -1.61. The molecule has 1 aromatic rings. The minimum atomic E-state index is -0.316. The molecular weight excluding hydrogens is 314 g/mol. The molecule has 0 amide bonds. The number of hydroxylamine groups is 2. The highest BCUT2D eigenvalue weighted by Crippen LogP contribution is 2.11. The fourth-order valence-electron chi connectivity index (χ4n) is 2.73. The molecule has 0 saturated carbocycles. The summed E-state index contributed by atoms with van der Waals surface area (Å²) < 4.78 is 0. The van der Waals surface area contributed by atoms with Crippen LogP contribution in [0.3, 0.4) is 0 Å². The van der Waals surface area contributed by atoms with Crippen molar-refractivity contribution in [2.24, 2.45) is 0 Å². The third-order valence-corrected chi connectivity index (χ3v) is 4.21.